The number of cyclic esters (lactones) is 2. The first-order valence-corrected chi connectivity index (χ1v) is 3.53. The summed E-state index contributed by atoms with van der Waals surface area (Å²) in [6.45, 7) is 3.27. The first-order chi connectivity index (χ1) is 6.50. The van der Waals surface area contributed by atoms with Crippen molar-refractivity contribution in [1.82, 2.24) is 0 Å². The lowest BCUT2D eigenvalue weighted by Crippen LogP contribution is -2.18. The van der Waals surface area contributed by atoms with Crippen molar-refractivity contribution in [3.63, 3.8) is 0 Å². The van der Waals surface area contributed by atoms with E-state index in [1.54, 1.807) is 0 Å². The number of esters is 2. The van der Waals surface area contributed by atoms with Gasteiger partial charge in [0.15, 0.2) is 0 Å². The maximum atomic E-state index is 10.9. The number of carboxylic acids is 1. The van der Waals surface area contributed by atoms with Crippen LogP contribution < -0.4 is 0 Å². The molecule has 0 aromatic heterocycles. The van der Waals surface area contributed by atoms with Gasteiger partial charge in [-0.15, -0.1) is 0 Å². The second-order valence-corrected chi connectivity index (χ2v) is 2.45. The number of hydrogen-bond donors (Lipinski definition) is 1. The quantitative estimate of drug-likeness (QED) is 0.469. The predicted molar refractivity (Wildman–Crippen MR) is 41.7 cm³/mol. The Kier molecular flexibility index (Phi) is 2.66. The fourth-order valence-electron chi connectivity index (χ4n) is 0.714. The second-order valence-electron chi connectivity index (χ2n) is 2.45. The largest absolute Gasteiger partial charge is 0.475 e. The molecule has 0 fully saturated rings. The molecule has 0 bridgehead atoms. The molecule has 6 heteroatoms. The van der Waals surface area contributed by atoms with E-state index in [0.29, 0.717) is 6.26 Å². The van der Waals surface area contributed by atoms with Gasteiger partial charge >= 0.3 is 17.9 Å². The van der Waals surface area contributed by atoms with Crippen molar-refractivity contribution in [3.05, 3.63) is 24.2 Å². The van der Waals surface area contributed by atoms with Crippen LogP contribution in [0.4, 0.5) is 0 Å². The van der Waals surface area contributed by atoms with Crippen LogP contribution in [-0.2, 0) is 23.9 Å². The normalized spacial score (nSPS) is 21.1. The Morgan fingerprint density at radius 3 is 2.71 bits per heavy atom. The van der Waals surface area contributed by atoms with Crippen molar-refractivity contribution >= 4 is 17.9 Å². The van der Waals surface area contributed by atoms with E-state index in [1.165, 1.54) is 0 Å². The molecule has 1 heterocycles. The van der Waals surface area contributed by atoms with E-state index in [2.05, 4.69) is 16.1 Å². The molecule has 0 saturated heterocycles. The highest BCUT2D eigenvalue weighted by Crippen LogP contribution is 2.11. The highest BCUT2D eigenvalue weighted by atomic mass is 16.6. The van der Waals surface area contributed by atoms with E-state index < -0.39 is 23.7 Å². The van der Waals surface area contributed by atoms with Gasteiger partial charge in [0.25, 0.3) is 0 Å². The van der Waals surface area contributed by atoms with Crippen LogP contribution in [0.25, 0.3) is 0 Å². The molecule has 0 aromatic rings. The lowest BCUT2D eigenvalue weighted by molar-refractivity contribution is -0.150. The van der Waals surface area contributed by atoms with Gasteiger partial charge < -0.3 is 14.6 Å². The van der Waals surface area contributed by atoms with Gasteiger partial charge in [0.1, 0.15) is 6.26 Å². The molecule has 0 amide bonds. The van der Waals surface area contributed by atoms with E-state index >= 15 is 0 Å². The molecule has 6 nitrogen and oxygen atoms in total. The Hall–Kier alpha value is -2.11. The number of ether oxygens (including phenoxy) is 2. The summed E-state index contributed by atoms with van der Waals surface area (Å²) in [6.07, 6.45) is 0.177. The lowest BCUT2D eigenvalue weighted by atomic mass is 10.2. The van der Waals surface area contributed by atoms with Gasteiger partial charge in [-0.2, -0.15) is 0 Å². The summed E-state index contributed by atoms with van der Waals surface area (Å²) >= 11 is 0. The Morgan fingerprint density at radius 1 is 1.50 bits per heavy atom. The van der Waals surface area contributed by atoms with Crippen molar-refractivity contribution in [2.75, 3.05) is 0 Å². The van der Waals surface area contributed by atoms with Crippen molar-refractivity contribution < 1.29 is 29.0 Å². The summed E-state index contributed by atoms with van der Waals surface area (Å²) in [6, 6.07) is 0. The van der Waals surface area contributed by atoms with Gasteiger partial charge in [0.2, 0.25) is 5.76 Å². The van der Waals surface area contributed by atoms with E-state index in [4.69, 9.17) is 5.11 Å². The molecule has 74 valence electrons. The second kappa shape index (κ2) is 3.73. The summed E-state index contributed by atoms with van der Waals surface area (Å²) in [5.41, 5.74) is -0.0873. The Labute approximate surface area is 78.4 Å². The summed E-state index contributed by atoms with van der Waals surface area (Å²) in [4.78, 5) is 32.2. The van der Waals surface area contributed by atoms with Crippen LogP contribution >= 0.6 is 0 Å². The molecular weight excluding hydrogens is 192 g/mol. The summed E-state index contributed by atoms with van der Waals surface area (Å²) < 4.78 is 8.71. The lowest BCUT2D eigenvalue weighted by Gasteiger charge is -2.09. The highest BCUT2D eigenvalue weighted by molar-refractivity contribution is 5.96. The third-order valence-electron chi connectivity index (χ3n) is 1.35. The van der Waals surface area contributed by atoms with Crippen molar-refractivity contribution in [2.24, 2.45) is 0 Å². The molecule has 0 atom stereocenters. The van der Waals surface area contributed by atoms with Crippen molar-refractivity contribution in [1.29, 1.82) is 0 Å². The van der Waals surface area contributed by atoms with Crippen LogP contribution in [0.15, 0.2) is 24.2 Å². The van der Waals surface area contributed by atoms with Gasteiger partial charge in [0, 0.05) is 5.57 Å². The van der Waals surface area contributed by atoms with E-state index in [1.807, 2.05) is 0 Å². The predicted octanol–water partition coefficient (Wildman–Crippen LogP) is -0.0413. The number of carbonyl (C=O) groups excluding carboxylic acids is 2. The van der Waals surface area contributed by atoms with Crippen LogP contribution in [0.2, 0.25) is 0 Å². The zero-order valence-corrected chi connectivity index (χ0v) is 6.98. The standard InChI is InChI=1S/C8H6O6/c1-4-2-6(9)14-5(7(10)11)3-13-8(4)12/h3H,1-2H2,(H,10,11)/b5-3-. The van der Waals surface area contributed by atoms with E-state index in [-0.39, 0.29) is 12.0 Å². The van der Waals surface area contributed by atoms with Crippen LogP contribution in [-0.4, -0.2) is 23.0 Å². The minimum Gasteiger partial charge on any atom is -0.475 e. The van der Waals surface area contributed by atoms with Crippen LogP contribution in [0.5, 0.6) is 0 Å². The molecular formula is C8H6O6. The highest BCUT2D eigenvalue weighted by Gasteiger charge is 2.22. The summed E-state index contributed by atoms with van der Waals surface area (Å²) in [5, 5.41) is 8.47. The van der Waals surface area contributed by atoms with Gasteiger partial charge in [0.05, 0.1) is 6.42 Å². The third kappa shape index (κ3) is 2.19. The third-order valence-corrected chi connectivity index (χ3v) is 1.35. The minimum absolute atomic E-state index is 0.0873. The summed E-state index contributed by atoms with van der Waals surface area (Å²) in [7, 11) is 0. The number of carboxylic acid groups (broad SMARTS) is 1. The average Bonchev–Trinajstić information content (AvgIpc) is 2.09. The molecule has 0 aliphatic carbocycles. The Balaban J connectivity index is 2.93. The monoisotopic (exact) mass is 198 g/mol. The zero-order chi connectivity index (χ0) is 10.7. The fraction of sp³-hybridized carbons (Fsp3) is 0.125. The molecule has 1 N–H and O–H groups in total. The number of rotatable bonds is 1. The number of carbonyl (C=O) groups is 3. The maximum absolute atomic E-state index is 10.9. The molecule has 0 saturated carbocycles. The maximum Gasteiger partial charge on any atom is 0.375 e. The van der Waals surface area contributed by atoms with Crippen LogP contribution in [0.1, 0.15) is 6.42 Å². The molecule has 1 aliphatic heterocycles. The topological polar surface area (TPSA) is 89.9 Å². The Bertz CT molecular complexity index is 351. The number of hydrogen-bond acceptors (Lipinski definition) is 5. The fourth-order valence-corrected chi connectivity index (χ4v) is 0.714. The van der Waals surface area contributed by atoms with Crippen molar-refractivity contribution in [2.45, 2.75) is 6.42 Å². The molecule has 0 aromatic carbocycles. The van der Waals surface area contributed by atoms with Crippen molar-refractivity contribution in [3.8, 4) is 0 Å². The molecule has 1 aliphatic rings. The average molecular weight is 198 g/mol. The van der Waals surface area contributed by atoms with Gasteiger partial charge in [-0.1, -0.05) is 6.58 Å². The SMILES string of the molecule is C=C1CC(=O)O/C(C(=O)O)=C\OC1=O. The molecule has 1 rings (SSSR count). The van der Waals surface area contributed by atoms with Gasteiger partial charge in [-0.05, 0) is 0 Å². The van der Waals surface area contributed by atoms with Gasteiger partial charge in [-0.25, -0.2) is 9.59 Å². The molecule has 14 heavy (non-hydrogen) atoms. The number of aliphatic carboxylic acids is 1. The van der Waals surface area contributed by atoms with E-state index in [0.717, 1.165) is 0 Å². The minimum atomic E-state index is -1.49. The zero-order valence-electron chi connectivity index (χ0n) is 6.98. The van der Waals surface area contributed by atoms with Gasteiger partial charge in [-0.3, -0.25) is 4.79 Å². The smallest absolute Gasteiger partial charge is 0.375 e. The Morgan fingerprint density at radius 2 is 2.14 bits per heavy atom. The van der Waals surface area contributed by atoms with E-state index in [9.17, 15) is 14.4 Å². The molecule has 0 spiro atoms. The van der Waals surface area contributed by atoms with Crippen LogP contribution in [0, 0.1) is 0 Å². The first kappa shape index (κ1) is 9.97. The first-order valence-electron chi connectivity index (χ1n) is 3.53. The molecule has 0 radical (unpaired) electrons. The van der Waals surface area contributed by atoms with Crippen LogP contribution in [0.3, 0.4) is 0 Å². The summed E-state index contributed by atoms with van der Waals surface area (Å²) in [5.74, 6) is -3.92. The molecule has 0 unspecified atom stereocenters.